The van der Waals surface area contributed by atoms with Crippen LogP contribution >= 0.6 is 0 Å². The van der Waals surface area contributed by atoms with Gasteiger partial charge in [0.15, 0.2) is 0 Å². The molecule has 0 heterocycles. The Morgan fingerprint density at radius 1 is 0.632 bits per heavy atom. The van der Waals surface area contributed by atoms with Crippen LogP contribution < -0.4 is 0 Å². The molecule has 0 spiro atoms. The zero-order valence-corrected chi connectivity index (χ0v) is 10.4. The zero-order chi connectivity index (χ0) is 13.1. The largest absolute Gasteiger partial charge is 0.207 e. The molecule has 0 N–H and O–H groups in total. The van der Waals surface area contributed by atoms with Crippen molar-refractivity contribution in [2.24, 2.45) is 0 Å². The number of hydrogen-bond donors (Lipinski definition) is 0. The highest BCUT2D eigenvalue weighted by atomic mass is 19.1. The first-order valence-corrected chi connectivity index (χ1v) is 6.24. The fraction of sp³-hybridized carbons (Fsp3) is 0. The highest BCUT2D eigenvalue weighted by molar-refractivity contribution is 5.85. The van der Waals surface area contributed by atoms with Gasteiger partial charge in [-0.15, -0.1) is 0 Å². The standard InChI is InChI=1S/C18H13F/c19-18-11-8-14(9-12-18)5-6-15-7-10-16-3-1-2-4-17(16)13-15/h1-13H/b6-5+. The Bertz CT molecular complexity index is 724. The third kappa shape index (κ3) is 2.71. The van der Waals surface area contributed by atoms with Crippen molar-refractivity contribution in [3.05, 3.63) is 83.7 Å². The van der Waals surface area contributed by atoms with Gasteiger partial charge >= 0.3 is 0 Å². The molecule has 1 heteroatoms. The highest BCUT2D eigenvalue weighted by Gasteiger charge is 1.93. The van der Waals surface area contributed by atoms with Gasteiger partial charge in [0.2, 0.25) is 0 Å². The first kappa shape index (κ1) is 11.7. The summed E-state index contributed by atoms with van der Waals surface area (Å²) in [6.07, 6.45) is 4.03. The van der Waals surface area contributed by atoms with Crippen LogP contribution in [0.3, 0.4) is 0 Å². The third-order valence-electron chi connectivity index (χ3n) is 3.11. The van der Waals surface area contributed by atoms with E-state index in [0.29, 0.717) is 0 Å². The molecule has 0 bridgehead atoms. The first-order chi connectivity index (χ1) is 9.31. The van der Waals surface area contributed by atoms with E-state index in [0.717, 1.165) is 11.1 Å². The maximum Gasteiger partial charge on any atom is 0.123 e. The second kappa shape index (κ2) is 5.07. The SMILES string of the molecule is Fc1ccc(/C=C/c2ccc3ccccc3c2)cc1. The zero-order valence-electron chi connectivity index (χ0n) is 10.4. The maximum atomic E-state index is 12.8. The Morgan fingerprint density at radius 2 is 1.26 bits per heavy atom. The molecular weight excluding hydrogens is 235 g/mol. The molecule has 0 atom stereocenters. The molecule has 3 rings (SSSR count). The summed E-state index contributed by atoms with van der Waals surface area (Å²) in [5.41, 5.74) is 2.14. The summed E-state index contributed by atoms with van der Waals surface area (Å²) in [6.45, 7) is 0. The van der Waals surface area contributed by atoms with Crippen LogP contribution in [-0.4, -0.2) is 0 Å². The monoisotopic (exact) mass is 248 g/mol. The molecule has 0 aromatic heterocycles. The summed E-state index contributed by atoms with van der Waals surface area (Å²) >= 11 is 0. The Morgan fingerprint density at radius 3 is 2.05 bits per heavy atom. The van der Waals surface area contributed by atoms with E-state index in [1.807, 2.05) is 24.3 Å². The molecule has 0 aliphatic rings. The predicted molar refractivity (Wildman–Crippen MR) is 79.3 cm³/mol. The normalized spacial score (nSPS) is 11.2. The molecule has 19 heavy (non-hydrogen) atoms. The van der Waals surface area contributed by atoms with Crippen LogP contribution in [0.25, 0.3) is 22.9 Å². The van der Waals surface area contributed by atoms with Crippen LogP contribution in [0.5, 0.6) is 0 Å². The smallest absolute Gasteiger partial charge is 0.123 e. The summed E-state index contributed by atoms with van der Waals surface area (Å²) in [5.74, 6) is -0.206. The van der Waals surface area contributed by atoms with Crippen molar-refractivity contribution < 1.29 is 4.39 Å². The van der Waals surface area contributed by atoms with Gasteiger partial charge in [-0.25, -0.2) is 4.39 Å². The number of halogens is 1. The Hall–Kier alpha value is -2.41. The summed E-state index contributed by atoms with van der Waals surface area (Å²) in [4.78, 5) is 0. The fourth-order valence-electron chi connectivity index (χ4n) is 2.08. The van der Waals surface area contributed by atoms with Gasteiger partial charge in [-0.3, -0.25) is 0 Å². The lowest BCUT2D eigenvalue weighted by Gasteiger charge is -1.99. The topological polar surface area (TPSA) is 0 Å². The van der Waals surface area contributed by atoms with E-state index in [9.17, 15) is 4.39 Å². The van der Waals surface area contributed by atoms with E-state index in [1.54, 1.807) is 12.1 Å². The van der Waals surface area contributed by atoms with E-state index in [1.165, 1.54) is 22.9 Å². The Labute approximate surface area is 111 Å². The number of benzene rings is 3. The minimum Gasteiger partial charge on any atom is -0.207 e. The molecule has 0 aliphatic heterocycles. The Balaban J connectivity index is 1.90. The molecule has 0 unspecified atom stereocenters. The quantitative estimate of drug-likeness (QED) is 0.550. The van der Waals surface area contributed by atoms with Crippen molar-refractivity contribution in [3.8, 4) is 0 Å². The molecule has 3 aromatic carbocycles. The molecule has 0 radical (unpaired) electrons. The van der Waals surface area contributed by atoms with Gasteiger partial charge in [0, 0.05) is 0 Å². The average molecular weight is 248 g/mol. The predicted octanol–water partition coefficient (Wildman–Crippen LogP) is 5.15. The van der Waals surface area contributed by atoms with Gasteiger partial charge in [0.05, 0.1) is 0 Å². The fourth-order valence-corrected chi connectivity index (χ4v) is 2.08. The number of rotatable bonds is 2. The van der Waals surface area contributed by atoms with Crippen LogP contribution in [0.4, 0.5) is 4.39 Å². The van der Waals surface area contributed by atoms with Crippen molar-refractivity contribution in [1.29, 1.82) is 0 Å². The van der Waals surface area contributed by atoms with Gasteiger partial charge < -0.3 is 0 Å². The van der Waals surface area contributed by atoms with Gasteiger partial charge in [0.25, 0.3) is 0 Å². The van der Waals surface area contributed by atoms with Crippen LogP contribution in [0.2, 0.25) is 0 Å². The lowest BCUT2D eigenvalue weighted by Crippen LogP contribution is -1.76. The maximum absolute atomic E-state index is 12.8. The molecule has 0 aliphatic carbocycles. The van der Waals surface area contributed by atoms with E-state index < -0.39 is 0 Å². The van der Waals surface area contributed by atoms with Crippen molar-refractivity contribution in [3.63, 3.8) is 0 Å². The second-order valence-electron chi connectivity index (χ2n) is 4.49. The third-order valence-corrected chi connectivity index (χ3v) is 3.11. The van der Waals surface area contributed by atoms with Gasteiger partial charge in [-0.05, 0) is 40.1 Å². The molecule has 0 amide bonds. The molecule has 0 saturated carbocycles. The lowest BCUT2D eigenvalue weighted by atomic mass is 10.1. The average Bonchev–Trinajstić information content (AvgIpc) is 2.46. The molecular formula is C18H13F. The molecule has 92 valence electrons. The lowest BCUT2D eigenvalue weighted by molar-refractivity contribution is 0.628. The Kier molecular flexibility index (Phi) is 3.11. The highest BCUT2D eigenvalue weighted by Crippen LogP contribution is 2.17. The molecule has 0 fully saturated rings. The number of hydrogen-bond acceptors (Lipinski definition) is 0. The first-order valence-electron chi connectivity index (χ1n) is 6.24. The van der Waals surface area contributed by atoms with Crippen LogP contribution in [-0.2, 0) is 0 Å². The summed E-state index contributed by atoms with van der Waals surface area (Å²) in [6, 6.07) is 21.1. The summed E-state index contributed by atoms with van der Waals surface area (Å²) < 4.78 is 12.8. The minimum absolute atomic E-state index is 0.206. The second-order valence-corrected chi connectivity index (χ2v) is 4.49. The van der Waals surface area contributed by atoms with Crippen molar-refractivity contribution in [2.45, 2.75) is 0 Å². The molecule has 0 saturated heterocycles. The summed E-state index contributed by atoms with van der Waals surface area (Å²) in [5, 5.41) is 2.46. The van der Waals surface area contributed by atoms with Crippen LogP contribution in [0, 0.1) is 5.82 Å². The van der Waals surface area contributed by atoms with Crippen LogP contribution in [0.15, 0.2) is 66.7 Å². The van der Waals surface area contributed by atoms with E-state index >= 15 is 0 Å². The molecule has 0 nitrogen and oxygen atoms in total. The van der Waals surface area contributed by atoms with Gasteiger partial charge in [0.1, 0.15) is 5.82 Å². The summed E-state index contributed by atoms with van der Waals surface area (Å²) in [7, 11) is 0. The number of fused-ring (bicyclic) bond motifs is 1. The van der Waals surface area contributed by atoms with Crippen molar-refractivity contribution in [1.82, 2.24) is 0 Å². The van der Waals surface area contributed by atoms with Crippen LogP contribution in [0.1, 0.15) is 11.1 Å². The van der Waals surface area contributed by atoms with Gasteiger partial charge in [-0.1, -0.05) is 60.7 Å². The van der Waals surface area contributed by atoms with E-state index in [-0.39, 0.29) is 5.82 Å². The van der Waals surface area contributed by atoms with Crippen molar-refractivity contribution >= 4 is 22.9 Å². The van der Waals surface area contributed by atoms with E-state index in [4.69, 9.17) is 0 Å². The molecule has 3 aromatic rings. The van der Waals surface area contributed by atoms with Gasteiger partial charge in [-0.2, -0.15) is 0 Å². The van der Waals surface area contributed by atoms with Crippen molar-refractivity contribution in [2.75, 3.05) is 0 Å². The van der Waals surface area contributed by atoms with E-state index in [2.05, 4.69) is 30.3 Å². The minimum atomic E-state index is -0.206.